The first kappa shape index (κ1) is 21.4. The van der Waals surface area contributed by atoms with Gasteiger partial charge in [-0.15, -0.1) is 0 Å². The van der Waals surface area contributed by atoms with Crippen LogP contribution in [0.5, 0.6) is 0 Å². The molecule has 3 aromatic rings. The molecule has 1 atom stereocenters. The highest BCUT2D eigenvalue weighted by Crippen LogP contribution is 2.31. The van der Waals surface area contributed by atoms with Crippen molar-refractivity contribution >= 4 is 74.1 Å². The number of aromatic amines is 1. The molecule has 0 saturated carbocycles. The van der Waals surface area contributed by atoms with E-state index in [1.807, 2.05) is 0 Å². The molecule has 158 valence electrons. The summed E-state index contributed by atoms with van der Waals surface area (Å²) in [5.41, 5.74) is 0.578. The summed E-state index contributed by atoms with van der Waals surface area (Å²) < 4.78 is 0.856. The molecule has 0 radical (unpaired) electrons. The number of fused-ring (bicyclic) bond motifs is 1. The molecular weight excluding hydrogens is 509 g/mol. The van der Waals surface area contributed by atoms with E-state index in [0.717, 1.165) is 4.47 Å². The van der Waals surface area contributed by atoms with Gasteiger partial charge in [0.2, 0.25) is 17.8 Å². The van der Waals surface area contributed by atoms with Crippen LogP contribution < -0.4 is 21.5 Å². The Balaban J connectivity index is 1.64. The first-order chi connectivity index (χ1) is 14.8. The lowest BCUT2D eigenvalue weighted by Gasteiger charge is -2.23. The predicted octanol–water partition coefficient (Wildman–Crippen LogP) is 4.65. The third-order valence-electron chi connectivity index (χ3n) is 4.50. The first-order valence-corrected chi connectivity index (χ1v) is 10.6. The molecule has 2 amide bonds. The normalized spacial score (nSPS) is 15.1. The Morgan fingerprint density at radius 3 is 2.42 bits per heavy atom. The van der Waals surface area contributed by atoms with Gasteiger partial charge in [0.25, 0.3) is 5.56 Å². The zero-order chi connectivity index (χ0) is 22.1. The average molecular weight is 523 g/mol. The number of nitrogens with zero attached hydrogens (tertiary/aromatic N) is 1. The molecule has 11 heteroatoms. The lowest BCUT2D eigenvalue weighted by molar-refractivity contribution is -0.123. The van der Waals surface area contributed by atoms with Crippen LogP contribution in [-0.2, 0) is 9.59 Å². The van der Waals surface area contributed by atoms with Crippen molar-refractivity contribution < 1.29 is 9.59 Å². The van der Waals surface area contributed by atoms with Gasteiger partial charge in [0, 0.05) is 32.3 Å². The number of halogens is 3. The summed E-state index contributed by atoms with van der Waals surface area (Å²) in [5.74, 6) is -1.80. The van der Waals surface area contributed by atoms with E-state index in [1.165, 1.54) is 0 Å². The highest BCUT2D eigenvalue weighted by atomic mass is 79.9. The summed E-state index contributed by atoms with van der Waals surface area (Å²) in [5, 5.41) is 8.97. The summed E-state index contributed by atoms with van der Waals surface area (Å²) in [7, 11) is 0. The fraction of sp³-hybridized carbons (Fsp3) is 0.100. The van der Waals surface area contributed by atoms with Crippen molar-refractivity contribution in [2.24, 2.45) is 0 Å². The van der Waals surface area contributed by atoms with Gasteiger partial charge in [-0.1, -0.05) is 39.1 Å². The zero-order valence-electron chi connectivity index (χ0n) is 15.6. The van der Waals surface area contributed by atoms with Gasteiger partial charge in [-0.25, -0.2) is 0 Å². The van der Waals surface area contributed by atoms with Gasteiger partial charge in [0.15, 0.2) is 0 Å². The highest BCUT2D eigenvalue weighted by Gasteiger charge is 2.34. The number of H-pyrrole nitrogens is 1. The van der Waals surface area contributed by atoms with Crippen molar-refractivity contribution in [2.45, 2.75) is 12.3 Å². The van der Waals surface area contributed by atoms with E-state index < -0.39 is 23.3 Å². The Hall–Kier alpha value is -2.88. The van der Waals surface area contributed by atoms with Crippen LogP contribution >= 0.6 is 39.1 Å². The third kappa shape index (κ3) is 4.90. The van der Waals surface area contributed by atoms with Gasteiger partial charge >= 0.3 is 0 Å². The minimum atomic E-state index is -0.988. The largest absolute Gasteiger partial charge is 0.326 e. The van der Waals surface area contributed by atoms with Crippen LogP contribution in [0.2, 0.25) is 10.0 Å². The van der Waals surface area contributed by atoms with Crippen molar-refractivity contribution in [2.75, 3.05) is 16.0 Å². The van der Waals surface area contributed by atoms with Gasteiger partial charge in [-0.3, -0.25) is 19.4 Å². The molecule has 0 unspecified atom stereocenters. The number of rotatable bonds is 4. The molecule has 8 nitrogen and oxygen atoms in total. The fourth-order valence-electron chi connectivity index (χ4n) is 3.18. The minimum Gasteiger partial charge on any atom is -0.326 e. The maximum atomic E-state index is 12.8. The molecule has 0 saturated heterocycles. The average Bonchev–Trinajstić information content (AvgIpc) is 2.68. The Bertz CT molecular complexity index is 1230. The Morgan fingerprint density at radius 2 is 1.74 bits per heavy atom. The summed E-state index contributed by atoms with van der Waals surface area (Å²) >= 11 is 15.3. The van der Waals surface area contributed by atoms with Gasteiger partial charge in [-0.2, -0.15) is 4.98 Å². The van der Waals surface area contributed by atoms with Crippen molar-refractivity contribution in [3.63, 3.8) is 0 Å². The molecule has 1 aliphatic rings. The molecule has 2 aromatic carbocycles. The van der Waals surface area contributed by atoms with E-state index in [4.69, 9.17) is 23.2 Å². The summed E-state index contributed by atoms with van der Waals surface area (Å²) in [6.45, 7) is 0. The maximum absolute atomic E-state index is 12.8. The lowest BCUT2D eigenvalue weighted by atomic mass is 9.92. The number of hydrogen-bond acceptors (Lipinski definition) is 5. The Kier molecular flexibility index (Phi) is 5.99. The topological polar surface area (TPSA) is 116 Å². The van der Waals surface area contributed by atoms with Crippen LogP contribution in [0.4, 0.5) is 23.1 Å². The lowest BCUT2D eigenvalue weighted by Crippen LogP contribution is -2.36. The molecule has 31 heavy (non-hydrogen) atoms. The van der Waals surface area contributed by atoms with Gasteiger partial charge in [-0.05, 0) is 42.5 Å². The summed E-state index contributed by atoms with van der Waals surface area (Å²) in [4.78, 5) is 44.7. The number of benzene rings is 2. The summed E-state index contributed by atoms with van der Waals surface area (Å²) in [6, 6.07) is 11.7. The Morgan fingerprint density at radius 1 is 1.06 bits per heavy atom. The summed E-state index contributed by atoms with van der Waals surface area (Å²) in [6.07, 6.45) is -0.170. The molecule has 0 aliphatic carbocycles. The predicted molar refractivity (Wildman–Crippen MR) is 123 cm³/mol. The van der Waals surface area contributed by atoms with Gasteiger partial charge < -0.3 is 16.0 Å². The Labute approximate surface area is 194 Å². The number of nitrogens with one attached hydrogen (secondary N) is 4. The second-order valence-corrected chi connectivity index (χ2v) is 8.55. The second kappa shape index (κ2) is 8.70. The van der Waals surface area contributed by atoms with Crippen molar-refractivity contribution in [3.05, 3.63) is 72.9 Å². The van der Waals surface area contributed by atoms with Crippen LogP contribution in [0.15, 0.2) is 51.7 Å². The van der Waals surface area contributed by atoms with Crippen molar-refractivity contribution in [1.29, 1.82) is 0 Å². The number of amides is 2. The standard InChI is InChI=1S/C20H14BrCl2N5O3/c21-9-1-3-12(4-2-9)24-18(30)14-8-15(29)26-17-16(14)19(31)28-20(27-17)25-13-6-10(22)5-11(23)7-13/h1-7,14H,8H2,(H,24,30)(H3,25,26,27,28,29,31)/t14-/m0/s1. The molecule has 0 bridgehead atoms. The van der Waals surface area contributed by atoms with Crippen LogP contribution in [0.1, 0.15) is 17.9 Å². The monoisotopic (exact) mass is 521 g/mol. The maximum Gasteiger partial charge on any atom is 0.258 e. The van der Waals surface area contributed by atoms with E-state index in [0.29, 0.717) is 21.4 Å². The van der Waals surface area contributed by atoms with E-state index >= 15 is 0 Å². The molecule has 0 fully saturated rings. The van der Waals surface area contributed by atoms with Crippen LogP contribution in [0, 0.1) is 0 Å². The number of hydrogen-bond donors (Lipinski definition) is 4. The molecule has 1 aromatic heterocycles. The van der Waals surface area contributed by atoms with E-state index in [2.05, 4.69) is 41.8 Å². The number of carbonyl (C=O) groups excluding carboxylic acids is 2. The minimum absolute atomic E-state index is 0.0200. The number of carbonyl (C=O) groups is 2. The smallest absolute Gasteiger partial charge is 0.258 e. The van der Waals surface area contributed by atoms with Crippen molar-refractivity contribution in [1.82, 2.24) is 9.97 Å². The third-order valence-corrected chi connectivity index (χ3v) is 5.47. The van der Waals surface area contributed by atoms with Crippen LogP contribution in [0.25, 0.3) is 0 Å². The molecule has 4 rings (SSSR count). The van der Waals surface area contributed by atoms with E-state index in [1.54, 1.807) is 42.5 Å². The SMILES string of the molecule is O=C1C[C@H](C(=O)Nc2ccc(Br)cc2)c2c(nc(Nc3cc(Cl)cc(Cl)c3)[nH]c2=O)N1. The molecule has 0 spiro atoms. The second-order valence-electron chi connectivity index (χ2n) is 6.76. The number of anilines is 4. The van der Waals surface area contributed by atoms with Crippen LogP contribution in [0.3, 0.4) is 0 Å². The molecule has 4 N–H and O–H groups in total. The van der Waals surface area contributed by atoms with E-state index in [9.17, 15) is 14.4 Å². The fourth-order valence-corrected chi connectivity index (χ4v) is 3.97. The molecule has 1 aliphatic heterocycles. The number of aromatic nitrogens is 2. The highest BCUT2D eigenvalue weighted by molar-refractivity contribution is 9.10. The van der Waals surface area contributed by atoms with Gasteiger partial charge in [0.05, 0.1) is 11.5 Å². The van der Waals surface area contributed by atoms with Crippen LogP contribution in [-0.4, -0.2) is 21.8 Å². The molecular formula is C20H14BrCl2N5O3. The first-order valence-electron chi connectivity index (χ1n) is 9.02. The van der Waals surface area contributed by atoms with Crippen molar-refractivity contribution in [3.8, 4) is 0 Å². The van der Waals surface area contributed by atoms with E-state index in [-0.39, 0.29) is 23.8 Å². The quantitative estimate of drug-likeness (QED) is 0.398. The molecule has 2 heterocycles. The van der Waals surface area contributed by atoms with Gasteiger partial charge in [0.1, 0.15) is 5.82 Å². The zero-order valence-corrected chi connectivity index (χ0v) is 18.7.